The van der Waals surface area contributed by atoms with Gasteiger partial charge < -0.3 is 0 Å². The van der Waals surface area contributed by atoms with E-state index in [1.54, 1.807) is 0 Å². The average molecular weight is 201 g/mol. The van der Waals surface area contributed by atoms with Crippen LogP contribution in [0, 0.1) is 11.3 Å². The number of imidazole rings is 1. The molecule has 0 N–H and O–H groups in total. The van der Waals surface area contributed by atoms with Crippen molar-refractivity contribution in [3.63, 3.8) is 0 Å². The van der Waals surface area contributed by atoms with Crippen molar-refractivity contribution < 1.29 is 4.57 Å². The minimum atomic E-state index is 0.390. The van der Waals surface area contributed by atoms with Gasteiger partial charge in [-0.1, -0.05) is 0 Å². The van der Waals surface area contributed by atoms with Gasteiger partial charge in [-0.2, -0.15) is 5.26 Å². The quantitative estimate of drug-likeness (QED) is 0.612. The molecule has 3 nitrogen and oxygen atoms in total. The fourth-order valence-corrected chi connectivity index (χ4v) is 1.06. The molecule has 0 aliphatic rings. The van der Waals surface area contributed by atoms with E-state index in [9.17, 15) is 0 Å². The number of nitriles is 1. The van der Waals surface area contributed by atoms with Gasteiger partial charge in [0.25, 0.3) is 0 Å². The molecule has 0 aromatic carbocycles. The summed E-state index contributed by atoms with van der Waals surface area (Å²) in [4.78, 5) is 0. The van der Waals surface area contributed by atoms with Crippen molar-refractivity contribution in [3.8, 4) is 6.07 Å². The van der Waals surface area contributed by atoms with E-state index >= 15 is 0 Å². The van der Waals surface area contributed by atoms with E-state index in [2.05, 4.69) is 22.0 Å². The smallest absolute Gasteiger partial charge is 0.227 e. The third-order valence-electron chi connectivity index (χ3n) is 1.24. The molecule has 0 spiro atoms. The second-order valence-electron chi connectivity index (χ2n) is 1.96. The summed E-state index contributed by atoms with van der Waals surface area (Å²) < 4.78 is 4.63. The van der Waals surface area contributed by atoms with Gasteiger partial charge in [-0.3, -0.25) is 0 Å². The summed E-state index contributed by atoms with van der Waals surface area (Å²) in [6.45, 7) is 0.390. The van der Waals surface area contributed by atoms with Crippen molar-refractivity contribution >= 4 is 15.9 Å². The summed E-state index contributed by atoms with van der Waals surface area (Å²) >= 11 is 3.33. The topological polar surface area (TPSA) is 32.6 Å². The fraction of sp³-hybridized carbons (Fsp3) is 0.333. The minimum absolute atomic E-state index is 0.390. The molecule has 52 valence electrons. The normalized spacial score (nSPS) is 9.30. The van der Waals surface area contributed by atoms with Crippen LogP contribution in [0.15, 0.2) is 17.1 Å². The summed E-state index contributed by atoms with van der Waals surface area (Å²) in [6, 6.07) is 2.06. The maximum absolute atomic E-state index is 8.35. The largest absolute Gasteiger partial charge is 0.325 e. The maximum Gasteiger partial charge on any atom is 0.325 e. The number of hydrogen-bond donors (Lipinski definition) is 0. The SMILES string of the molecule is C[n+]1ccn(CC#N)c1Br. The fourth-order valence-electron chi connectivity index (χ4n) is 0.700. The van der Waals surface area contributed by atoms with Crippen LogP contribution in [0.5, 0.6) is 0 Å². The zero-order chi connectivity index (χ0) is 7.56. The van der Waals surface area contributed by atoms with E-state index < -0.39 is 0 Å². The van der Waals surface area contributed by atoms with E-state index in [1.165, 1.54) is 0 Å². The Morgan fingerprint density at radius 2 is 2.60 bits per heavy atom. The second-order valence-corrected chi connectivity index (χ2v) is 2.67. The van der Waals surface area contributed by atoms with Crippen LogP contribution in [0.4, 0.5) is 0 Å². The Balaban J connectivity index is 2.96. The lowest BCUT2D eigenvalue weighted by molar-refractivity contribution is -0.682. The van der Waals surface area contributed by atoms with Crippen LogP contribution < -0.4 is 4.57 Å². The summed E-state index contributed by atoms with van der Waals surface area (Å²) in [5, 5.41) is 8.35. The van der Waals surface area contributed by atoms with Crippen LogP contribution >= 0.6 is 15.9 Å². The molecule has 0 unspecified atom stereocenters. The van der Waals surface area contributed by atoms with Crippen LogP contribution in [0.2, 0.25) is 0 Å². The Bertz CT molecular complexity index is 271. The molecule has 0 saturated heterocycles. The zero-order valence-electron chi connectivity index (χ0n) is 5.58. The highest BCUT2D eigenvalue weighted by Gasteiger charge is 2.08. The molecule has 10 heavy (non-hydrogen) atoms. The predicted molar refractivity (Wildman–Crippen MR) is 38.9 cm³/mol. The molecule has 0 aliphatic carbocycles. The molecule has 0 amide bonds. The molecular formula is C6H7BrN3+. The Kier molecular flexibility index (Phi) is 2.07. The van der Waals surface area contributed by atoms with Gasteiger partial charge in [0.1, 0.15) is 18.5 Å². The van der Waals surface area contributed by atoms with E-state index in [1.807, 2.05) is 28.6 Å². The molecular weight excluding hydrogens is 194 g/mol. The summed E-state index contributed by atoms with van der Waals surface area (Å²) in [7, 11) is 1.91. The first kappa shape index (κ1) is 7.29. The standard InChI is InChI=1S/C6H7BrN3/c1-9-4-5-10(3-2-8)6(9)7/h4-5H,3H2,1H3/q+1. The number of aryl methyl sites for hydroxylation is 1. The lowest BCUT2D eigenvalue weighted by Crippen LogP contribution is -2.27. The van der Waals surface area contributed by atoms with Gasteiger partial charge >= 0.3 is 4.73 Å². The minimum Gasteiger partial charge on any atom is -0.227 e. The first-order valence-corrected chi connectivity index (χ1v) is 3.62. The van der Waals surface area contributed by atoms with Gasteiger partial charge in [-0.05, 0) is 0 Å². The third kappa shape index (κ3) is 1.19. The van der Waals surface area contributed by atoms with Crippen molar-refractivity contribution in [2.75, 3.05) is 0 Å². The Morgan fingerprint density at radius 3 is 3.00 bits per heavy atom. The summed E-state index contributed by atoms with van der Waals surface area (Å²) in [6.07, 6.45) is 3.74. The lowest BCUT2D eigenvalue weighted by Gasteiger charge is -1.86. The van der Waals surface area contributed by atoms with Crippen LogP contribution in [0.25, 0.3) is 0 Å². The van der Waals surface area contributed by atoms with E-state index in [-0.39, 0.29) is 0 Å². The molecule has 4 heteroatoms. The molecule has 1 heterocycles. The molecule has 1 rings (SSSR count). The lowest BCUT2D eigenvalue weighted by atomic mass is 10.7. The molecule has 0 radical (unpaired) electrons. The van der Waals surface area contributed by atoms with Crippen LogP contribution in [-0.2, 0) is 13.6 Å². The van der Waals surface area contributed by atoms with Gasteiger partial charge in [0, 0.05) is 15.9 Å². The van der Waals surface area contributed by atoms with Gasteiger partial charge in [-0.25, -0.2) is 9.13 Å². The molecule has 0 fully saturated rings. The van der Waals surface area contributed by atoms with Crippen molar-refractivity contribution in [2.45, 2.75) is 6.54 Å². The first-order valence-electron chi connectivity index (χ1n) is 2.83. The van der Waals surface area contributed by atoms with Crippen LogP contribution in [0.1, 0.15) is 0 Å². The Hall–Kier alpha value is -0.820. The van der Waals surface area contributed by atoms with E-state index in [0.29, 0.717) is 6.54 Å². The number of aromatic nitrogens is 2. The summed E-state index contributed by atoms with van der Waals surface area (Å²) in [5.74, 6) is 0. The van der Waals surface area contributed by atoms with E-state index in [0.717, 1.165) is 4.73 Å². The van der Waals surface area contributed by atoms with Gasteiger partial charge in [0.2, 0.25) is 0 Å². The number of hydrogen-bond acceptors (Lipinski definition) is 1. The molecule has 0 aliphatic heterocycles. The molecule has 1 aromatic heterocycles. The second kappa shape index (κ2) is 2.84. The van der Waals surface area contributed by atoms with Gasteiger partial charge in [0.15, 0.2) is 6.54 Å². The number of nitrogens with zero attached hydrogens (tertiary/aromatic N) is 3. The Labute approximate surface area is 67.6 Å². The van der Waals surface area contributed by atoms with Crippen molar-refractivity contribution in [2.24, 2.45) is 7.05 Å². The van der Waals surface area contributed by atoms with Crippen molar-refractivity contribution in [1.29, 1.82) is 5.26 Å². The average Bonchev–Trinajstić information content (AvgIpc) is 2.20. The van der Waals surface area contributed by atoms with Crippen LogP contribution in [0.3, 0.4) is 0 Å². The zero-order valence-corrected chi connectivity index (χ0v) is 7.17. The van der Waals surface area contributed by atoms with E-state index in [4.69, 9.17) is 5.26 Å². The number of halogens is 1. The van der Waals surface area contributed by atoms with Crippen LogP contribution in [-0.4, -0.2) is 4.57 Å². The predicted octanol–water partition coefficient (Wildman–Crippen LogP) is 0.599. The highest BCUT2D eigenvalue weighted by Crippen LogP contribution is 2.01. The summed E-state index contributed by atoms with van der Waals surface area (Å²) in [5.41, 5.74) is 0. The van der Waals surface area contributed by atoms with Crippen molar-refractivity contribution in [1.82, 2.24) is 4.57 Å². The highest BCUT2D eigenvalue weighted by atomic mass is 79.9. The Morgan fingerprint density at radius 1 is 1.90 bits per heavy atom. The molecule has 0 bridgehead atoms. The monoisotopic (exact) mass is 200 g/mol. The van der Waals surface area contributed by atoms with Gasteiger partial charge in [-0.15, -0.1) is 0 Å². The highest BCUT2D eigenvalue weighted by molar-refractivity contribution is 9.10. The molecule has 0 atom stereocenters. The number of rotatable bonds is 1. The molecule has 1 aromatic rings. The maximum atomic E-state index is 8.35. The first-order chi connectivity index (χ1) is 4.75. The van der Waals surface area contributed by atoms with Crippen molar-refractivity contribution in [3.05, 3.63) is 17.1 Å². The third-order valence-corrected chi connectivity index (χ3v) is 2.25. The van der Waals surface area contributed by atoms with Gasteiger partial charge in [0.05, 0.1) is 7.05 Å². The molecule has 0 saturated carbocycles.